The van der Waals surface area contributed by atoms with Crippen molar-refractivity contribution in [1.29, 1.82) is 0 Å². The smallest absolute Gasteiger partial charge is 0.224 e. The molecule has 6 heteroatoms. The van der Waals surface area contributed by atoms with Gasteiger partial charge < -0.3 is 24.7 Å². The predicted octanol–water partition coefficient (Wildman–Crippen LogP) is 1.47. The van der Waals surface area contributed by atoms with Crippen molar-refractivity contribution in [2.24, 2.45) is 11.8 Å². The van der Waals surface area contributed by atoms with E-state index in [1.54, 1.807) is 14.2 Å². The lowest BCUT2D eigenvalue weighted by Gasteiger charge is -2.32. The second-order valence-electron chi connectivity index (χ2n) is 6.73. The van der Waals surface area contributed by atoms with Crippen LogP contribution in [0.3, 0.4) is 0 Å². The van der Waals surface area contributed by atoms with Gasteiger partial charge in [0, 0.05) is 24.3 Å². The summed E-state index contributed by atoms with van der Waals surface area (Å²) in [4.78, 5) is 23.9. The van der Waals surface area contributed by atoms with Gasteiger partial charge in [0.1, 0.15) is 0 Å². The van der Waals surface area contributed by atoms with Crippen molar-refractivity contribution < 1.29 is 24.2 Å². The molecule has 0 heterocycles. The average molecular weight is 360 g/mol. The Labute approximate surface area is 154 Å². The highest BCUT2D eigenvalue weighted by Crippen LogP contribution is 2.34. The van der Waals surface area contributed by atoms with Crippen LogP contribution >= 0.6 is 0 Å². The van der Waals surface area contributed by atoms with Crippen molar-refractivity contribution in [3.63, 3.8) is 0 Å². The van der Waals surface area contributed by atoms with E-state index >= 15 is 0 Å². The summed E-state index contributed by atoms with van der Waals surface area (Å²) in [6, 6.07) is 5.60. The van der Waals surface area contributed by atoms with E-state index in [4.69, 9.17) is 9.47 Å². The quantitative estimate of drug-likeness (QED) is 0.744. The van der Waals surface area contributed by atoms with Crippen LogP contribution in [0.1, 0.15) is 32.3 Å². The summed E-state index contributed by atoms with van der Waals surface area (Å²) in [5.41, 5.74) is 3.12. The first-order valence-corrected chi connectivity index (χ1v) is 8.72. The number of hydrogen-bond donors (Lipinski definition) is 1. The molecule has 0 aromatic heterocycles. The number of nitrogens with one attached hydrogen (secondary N) is 1. The molecule has 26 heavy (non-hydrogen) atoms. The highest BCUT2D eigenvalue weighted by Gasteiger charge is 2.33. The standard InChI is InChI=1S/C20H27NO5/c1-12-9-15(16(20(23)24)10-13(12)2)19(22)21-8-7-14-5-6-17(25-3)18(11-14)26-4/h5-6,11,15-16H,7-10H2,1-4H3,(H,21,22)(H,23,24)/p-1/t15-,16-/m1/s1. The van der Waals surface area contributed by atoms with Crippen LogP contribution in [0.4, 0.5) is 0 Å². The number of rotatable bonds is 7. The van der Waals surface area contributed by atoms with Gasteiger partial charge in [-0.05, 0) is 50.8 Å². The minimum absolute atomic E-state index is 0.230. The molecular weight excluding hydrogens is 334 g/mol. The highest BCUT2D eigenvalue weighted by molar-refractivity contribution is 5.85. The van der Waals surface area contributed by atoms with Gasteiger partial charge in [-0.2, -0.15) is 0 Å². The number of benzene rings is 1. The van der Waals surface area contributed by atoms with Crippen LogP contribution in [0.5, 0.6) is 11.5 Å². The highest BCUT2D eigenvalue weighted by atomic mass is 16.5. The first-order valence-electron chi connectivity index (χ1n) is 8.72. The van der Waals surface area contributed by atoms with Crippen LogP contribution in [-0.4, -0.2) is 32.6 Å². The van der Waals surface area contributed by atoms with Crippen molar-refractivity contribution in [1.82, 2.24) is 5.32 Å². The van der Waals surface area contributed by atoms with Gasteiger partial charge in [0.2, 0.25) is 5.91 Å². The summed E-state index contributed by atoms with van der Waals surface area (Å²) >= 11 is 0. The first-order chi connectivity index (χ1) is 12.4. The van der Waals surface area contributed by atoms with Gasteiger partial charge in [-0.1, -0.05) is 17.2 Å². The second kappa shape index (κ2) is 8.74. The Morgan fingerprint density at radius 2 is 1.69 bits per heavy atom. The van der Waals surface area contributed by atoms with Crippen LogP contribution in [-0.2, 0) is 16.0 Å². The van der Waals surface area contributed by atoms with Gasteiger partial charge >= 0.3 is 0 Å². The van der Waals surface area contributed by atoms with Gasteiger partial charge in [0.25, 0.3) is 0 Å². The van der Waals surface area contributed by atoms with E-state index in [9.17, 15) is 14.7 Å². The van der Waals surface area contributed by atoms with Crippen LogP contribution in [0.25, 0.3) is 0 Å². The van der Waals surface area contributed by atoms with Crippen LogP contribution in [0.15, 0.2) is 29.3 Å². The largest absolute Gasteiger partial charge is 0.550 e. The zero-order valence-corrected chi connectivity index (χ0v) is 15.8. The summed E-state index contributed by atoms with van der Waals surface area (Å²) in [5.74, 6) is -1.44. The summed E-state index contributed by atoms with van der Waals surface area (Å²) in [6.07, 6.45) is 1.46. The number of allylic oxidation sites excluding steroid dienone is 2. The number of carbonyl (C=O) groups is 2. The summed E-state index contributed by atoms with van der Waals surface area (Å²) in [6.45, 7) is 4.29. The minimum atomic E-state index is -1.16. The van der Waals surface area contributed by atoms with Crippen molar-refractivity contribution in [2.75, 3.05) is 20.8 Å². The first kappa shape index (κ1) is 19.8. The molecule has 0 spiro atoms. The Morgan fingerprint density at radius 3 is 2.27 bits per heavy atom. The fraction of sp³-hybridized carbons (Fsp3) is 0.500. The molecule has 1 N–H and O–H groups in total. The summed E-state index contributed by atoms with van der Waals surface area (Å²) in [5, 5.41) is 14.3. The van der Waals surface area contributed by atoms with Crippen LogP contribution < -0.4 is 19.9 Å². The number of carbonyl (C=O) groups excluding carboxylic acids is 2. The van der Waals surface area contributed by atoms with Crippen molar-refractivity contribution >= 4 is 11.9 Å². The molecule has 1 aromatic carbocycles. The molecule has 1 aromatic rings. The lowest BCUT2D eigenvalue weighted by molar-refractivity contribution is -0.313. The third kappa shape index (κ3) is 4.56. The molecule has 2 atom stereocenters. The molecule has 0 bridgehead atoms. The number of amides is 1. The van der Waals surface area contributed by atoms with Crippen molar-refractivity contribution in [3.8, 4) is 11.5 Å². The third-order valence-corrected chi connectivity index (χ3v) is 5.07. The molecular formula is C20H26NO5-. The Bertz CT molecular complexity index is 710. The van der Waals surface area contributed by atoms with E-state index in [1.807, 2.05) is 32.0 Å². The van der Waals surface area contributed by atoms with E-state index in [1.165, 1.54) is 0 Å². The van der Waals surface area contributed by atoms with Gasteiger partial charge in [0.05, 0.1) is 14.2 Å². The lowest BCUT2D eigenvalue weighted by Crippen LogP contribution is -2.45. The number of carboxylic acids is 1. The van der Waals surface area contributed by atoms with Gasteiger partial charge in [-0.25, -0.2) is 0 Å². The predicted molar refractivity (Wildman–Crippen MR) is 95.9 cm³/mol. The fourth-order valence-electron chi connectivity index (χ4n) is 3.31. The maximum Gasteiger partial charge on any atom is 0.224 e. The molecule has 1 aliphatic rings. The Kier molecular flexibility index (Phi) is 6.66. The molecule has 0 saturated carbocycles. The lowest BCUT2D eigenvalue weighted by atomic mass is 9.76. The molecule has 0 unspecified atom stereocenters. The average Bonchev–Trinajstić information content (AvgIpc) is 2.63. The zero-order chi connectivity index (χ0) is 19.3. The fourth-order valence-corrected chi connectivity index (χ4v) is 3.31. The van der Waals surface area contributed by atoms with E-state index in [0.29, 0.717) is 37.3 Å². The van der Waals surface area contributed by atoms with Crippen molar-refractivity contribution in [2.45, 2.75) is 33.1 Å². The molecule has 0 aliphatic heterocycles. The molecule has 0 saturated heterocycles. The SMILES string of the molecule is COc1ccc(CCNC(=O)[C@@H]2CC(C)=C(C)C[C@H]2C(=O)[O-])cc1OC. The Hall–Kier alpha value is -2.50. The van der Waals surface area contributed by atoms with E-state index in [0.717, 1.165) is 16.7 Å². The molecule has 0 fully saturated rings. The number of hydrogen-bond acceptors (Lipinski definition) is 5. The number of methoxy groups -OCH3 is 2. The number of ether oxygens (including phenoxy) is 2. The number of carboxylic acid groups (broad SMARTS) is 1. The normalized spacial score (nSPS) is 19.8. The Balaban J connectivity index is 1.97. The monoisotopic (exact) mass is 360 g/mol. The second-order valence-corrected chi connectivity index (χ2v) is 6.73. The summed E-state index contributed by atoms with van der Waals surface area (Å²) in [7, 11) is 3.15. The minimum Gasteiger partial charge on any atom is -0.550 e. The molecule has 1 aliphatic carbocycles. The van der Waals surface area contributed by atoms with E-state index in [2.05, 4.69) is 5.32 Å². The molecule has 6 nitrogen and oxygen atoms in total. The van der Waals surface area contributed by atoms with Gasteiger partial charge in [-0.15, -0.1) is 0 Å². The molecule has 142 valence electrons. The third-order valence-electron chi connectivity index (χ3n) is 5.07. The van der Waals surface area contributed by atoms with Crippen LogP contribution in [0, 0.1) is 11.8 Å². The van der Waals surface area contributed by atoms with Gasteiger partial charge in [0.15, 0.2) is 11.5 Å². The summed E-state index contributed by atoms with van der Waals surface area (Å²) < 4.78 is 10.5. The maximum atomic E-state index is 12.5. The molecule has 2 rings (SSSR count). The van der Waals surface area contributed by atoms with E-state index in [-0.39, 0.29) is 5.91 Å². The molecule has 1 amide bonds. The number of aliphatic carboxylic acids is 1. The van der Waals surface area contributed by atoms with Gasteiger partial charge in [-0.3, -0.25) is 4.79 Å². The topological polar surface area (TPSA) is 87.7 Å². The van der Waals surface area contributed by atoms with Crippen molar-refractivity contribution in [3.05, 3.63) is 34.9 Å². The Morgan fingerprint density at radius 1 is 1.08 bits per heavy atom. The van der Waals surface area contributed by atoms with Crippen LogP contribution in [0.2, 0.25) is 0 Å². The zero-order valence-electron chi connectivity index (χ0n) is 15.8. The molecule has 0 radical (unpaired) electrons. The maximum absolute atomic E-state index is 12.5. The van der Waals surface area contributed by atoms with E-state index < -0.39 is 17.8 Å².